The lowest BCUT2D eigenvalue weighted by atomic mass is 10.1. The number of hydrogen-bond acceptors (Lipinski definition) is 5. The molecule has 0 radical (unpaired) electrons. The maximum atomic E-state index is 11.9. The first kappa shape index (κ1) is 17.5. The summed E-state index contributed by atoms with van der Waals surface area (Å²) in [5.41, 5.74) is 8.04. The molecule has 0 aliphatic carbocycles. The summed E-state index contributed by atoms with van der Waals surface area (Å²) in [5, 5.41) is 1.37. The molecule has 0 aliphatic heterocycles. The van der Waals surface area contributed by atoms with Gasteiger partial charge in [-0.05, 0) is 19.1 Å². The molecule has 4 rings (SSSR count). The SMILES string of the molecule is C[C@@H](Oc1cc(-n2cnc3ccncc32)sc1C(N)=O)c1ccccc1Cl. The molecule has 0 saturated carbocycles. The number of aromatic nitrogens is 3. The second-order valence-corrected chi connectivity index (χ2v) is 7.34. The summed E-state index contributed by atoms with van der Waals surface area (Å²) in [6, 6.07) is 11.0. The summed E-state index contributed by atoms with van der Waals surface area (Å²) in [6.45, 7) is 1.87. The normalized spacial score (nSPS) is 12.2. The number of halogens is 1. The van der Waals surface area contributed by atoms with Crippen LogP contribution in [0.1, 0.15) is 28.3 Å². The van der Waals surface area contributed by atoms with E-state index >= 15 is 0 Å². The third-order valence-electron chi connectivity index (χ3n) is 4.14. The smallest absolute Gasteiger partial charge is 0.262 e. The first-order chi connectivity index (χ1) is 13.0. The molecule has 1 amide bonds. The fourth-order valence-electron chi connectivity index (χ4n) is 2.83. The van der Waals surface area contributed by atoms with E-state index in [0.717, 1.165) is 21.6 Å². The molecular formula is C19H15ClN4O2S. The van der Waals surface area contributed by atoms with Gasteiger partial charge in [-0.25, -0.2) is 4.98 Å². The van der Waals surface area contributed by atoms with Crippen LogP contribution in [0.25, 0.3) is 16.0 Å². The van der Waals surface area contributed by atoms with E-state index in [0.29, 0.717) is 15.6 Å². The van der Waals surface area contributed by atoms with E-state index in [1.165, 1.54) is 11.3 Å². The van der Waals surface area contributed by atoms with Crippen LogP contribution < -0.4 is 10.5 Å². The second kappa shape index (κ2) is 7.02. The van der Waals surface area contributed by atoms with Crippen molar-refractivity contribution in [2.75, 3.05) is 0 Å². The molecule has 136 valence electrons. The number of carbonyl (C=O) groups excluding carboxylic acids is 1. The molecule has 0 aliphatic rings. The predicted molar refractivity (Wildman–Crippen MR) is 106 cm³/mol. The number of ether oxygens (including phenoxy) is 1. The maximum absolute atomic E-state index is 11.9. The summed E-state index contributed by atoms with van der Waals surface area (Å²) < 4.78 is 7.89. The zero-order chi connectivity index (χ0) is 19.0. The molecule has 6 nitrogen and oxygen atoms in total. The van der Waals surface area contributed by atoms with Crippen molar-refractivity contribution in [3.05, 3.63) is 70.6 Å². The number of imidazole rings is 1. The Morgan fingerprint density at radius 3 is 2.93 bits per heavy atom. The third-order valence-corrected chi connectivity index (χ3v) is 5.62. The van der Waals surface area contributed by atoms with Gasteiger partial charge in [-0.2, -0.15) is 0 Å². The Kier molecular flexibility index (Phi) is 4.55. The molecule has 0 unspecified atom stereocenters. The topological polar surface area (TPSA) is 83.0 Å². The zero-order valence-corrected chi connectivity index (χ0v) is 15.9. The standard InChI is InChI=1S/C19H15ClN4O2S/c1-11(12-4-2-3-5-13(12)20)26-16-8-17(27-18(16)19(21)25)24-10-23-14-6-7-22-9-15(14)24/h2-11H,1H3,(H2,21,25)/t11-/m1/s1. The molecule has 0 saturated heterocycles. The molecule has 3 heterocycles. The van der Waals surface area contributed by atoms with Crippen LogP contribution in [0, 0.1) is 0 Å². The molecule has 27 heavy (non-hydrogen) atoms. The van der Waals surface area contributed by atoms with Crippen LogP contribution in [0.3, 0.4) is 0 Å². The summed E-state index contributed by atoms with van der Waals surface area (Å²) in [4.78, 5) is 20.8. The van der Waals surface area contributed by atoms with Gasteiger partial charge < -0.3 is 10.5 Å². The molecule has 3 aromatic heterocycles. The van der Waals surface area contributed by atoms with E-state index in [4.69, 9.17) is 22.1 Å². The van der Waals surface area contributed by atoms with Gasteiger partial charge in [0.05, 0.1) is 17.2 Å². The highest BCUT2D eigenvalue weighted by molar-refractivity contribution is 7.16. The average Bonchev–Trinajstić information content (AvgIpc) is 3.26. The van der Waals surface area contributed by atoms with Crippen LogP contribution in [-0.2, 0) is 0 Å². The van der Waals surface area contributed by atoms with Crippen LogP contribution in [0.5, 0.6) is 5.75 Å². The van der Waals surface area contributed by atoms with Crippen molar-refractivity contribution in [2.45, 2.75) is 13.0 Å². The number of hydrogen-bond donors (Lipinski definition) is 1. The van der Waals surface area contributed by atoms with Crippen LogP contribution in [0.2, 0.25) is 5.02 Å². The van der Waals surface area contributed by atoms with Crippen LogP contribution in [-0.4, -0.2) is 20.4 Å². The number of fused-ring (bicyclic) bond motifs is 1. The fraction of sp³-hybridized carbons (Fsp3) is 0.105. The number of thiophene rings is 1. The lowest BCUT2D eigenvalue weighted by Crippen LogP contribution is -2.12. The van der Waals surface area contributed by atoms with Crippen LogP contribution >= 0.6 is 22.9 Å². The Hall–Kier alpha value is -2.90. The molecule has 1 aromatic carbocycles. The fourth-order valence-corrected chi connectivity index (χ4v) is 4.05. The predicted octanol–water partition coefficient (Wildman–Crippen LogP) is 4.37. The van der Waals surface area contributed by atoms with Gasteiger partial charge in [0.15, 0.2) is 0 Å². The van der Waals surface area contributed by atoms with Gasteiger partial charge in [0.2, 0.25) is 0 Å². The minimum absolute atomic E-state index is 0.342. The Labute approximate surface area is 164 Å². The highest BCUT2D eigenvalue weighted by Crippen LogP contribution is 2.36. The Morgan fingerprint density at radius 1 is 1.33 bits per heavy atom. The van der Waals surface area contributed by atoms with E-state index in [1.807, 2.05) is 35.8 Å². The van der Waals surface area contributed by atoms with Crippen molar-refractivity contribution in [1.29, 1.82) is 0 Å². The number of amides is 1. The minimum atomic E-state index is -0.546. The molecule has 8 heteroatoms. The minimum Gasteiger partial charge on any atom is -0.484 e. The number of nitrogens with two attached hydrogens (primary N) is 1. The Balaban J connectivity index is 1.73. The van der Waals surface area contributed by atoms with E-state index in [1.54, 1.807) is 30.9 Å². The second-order valence-electron chi connectivity index (χ2n) is 5.90. The van der Waals surface area contributed by atoms with Gasteiger partial charge in [0.1, 0.15) is 28.1 Å². The summed E-state index contributed by atoms with van der Waals surface area (Å²) in [7, 11) is 0. The molecule has 0 fully saturated rings. The molecule has 2 N–H and O–H groups in total. The van der Waals surface area contributed by atoms with E-state index in [9.17, 15) is 4.79 Å². The van der Waals surface area contributed by atoms with Crippen molar-refractivity contribution < 1.29 is 9.53 Å². The van der Waals surface area contributed by atoms with E-state index in [-0.39, 0.29) is 6.10 Å². The Bertz CT molecular complexity index is 1140. The number of primary amides is 1. The molecular weight excluding hydrogens is 384 g/mol. The zero-order valence-electron chi connectivity index (χ0n) is 14.3. The number of carbonyl (C=O) groups is 1. The van der Waals surface area contributed by atoms with Gasteiger partial charge in [-0.1, -0.05) is 29.8 Å². The van der Waals surface area contributed by atoms with Crippen molar-refractivity contribution in [2.24, 2.45) is 5.73 Å². The monoisotopic (exact) mass is 398 g/mol. The molecule has 1 atom stereocenters. The van der Waals surface area contributed by atoms with Crippen molar-refractivity contribution in [3.8, 4) is 10.8 Å². The van der Waals surface area contributed by atoms with E-state index < -0.39 is 5.91 Å². The van der Waals surface area contributed by atoms with Gasteiger partial charge in [0.25, 0.3) is 5.91 Å². The molecule has 4 aromatic rings. The summed E-state index contributed by atoms with van der Waals surface area (Å²) >= 11 is 7.50. The third kappa shape index (κ3) is 3.27. The number of rotatable bonds is 5. The highest BCUT2D eigenvalue weighted by atomic mass is 35.5. The van der Waals surface area contributed by atoms with Gasteiger partial charge in [0, 0.05) is 22.8 Å². The maximum Gasteiger partial charge on any atom is 0.262 e. The van der Waals surface area contributed by atoms with Gasteiger partial charge >= 0.3 is 0 Å². The van der Waals surface area contributed by atoms with Crippen molar-refractivity contribution in [1.82, 2.24) is 14.5 Å². The van der Waals surface area contributed by atoms with Gasteiger partial charge in [-0.3, -0.25) is 14.3 Å². The first-order valence-electron chi connectivity index (χ1n) is 8.16. The lowest BCUT2D eigenvalue weighted by Gasteiger charge is -2.16. The first-order valence-corrected chi connectivity index (χ1v) is 9.36. The average molecular weight is 399 g/mol. The van der Waals surface area contributed by atoms with Crippen molar-refractivity contribution >= 4 is 39.9 Å². The van der Waals surface area contributed by atoms with Crippen molar-refractivity contribution in [3.63, 3.8) is 0 Å². The number of benzene rings is 1. The largest absolute Gasteiger partial charge is 0.484 e. The lowest BCUT2D eigenvalue weighted by molar-refractivity contribution is 0.0998. The summed E-state index contributed by atoms with van der Waals surface area (Å²) in [5.74, 6) is -0.129. The summed E-state index contributed by atoms with van der Waals surface area (Å²) in [6.07, 6.45) is 4.74. The van der Waals surface area contributed by atoms with Gasteiger partial charge in [-0.15, -0.1) is 11.3 Å². The quantitative estimate of drug-likeness (QED) is 0.541. The number of pyridine rings is 1. The van der Waals surface area contributed by atoms with Crippen LogP contribution in [0.15, 0.2) is 55.1 Å². The Morgan fingerprint density at radius 2 is 2.15 bits per heavy atom. The molecule has 0 bridgehead atoms. The molecule has 0 spiro atoms. The highest BCUT2D eigenvalue weighted by Gasteiger charge is 2.20. The van der Waals surface area contributed by atoms with Crippen LogP contribution in [0.4, 0.5) is 0 Å². The van der Waals surface area contributed by atoms with E-state index in [2.05, 4.69) is 9.97 Å². The number of nitrogens with zero attached hydrogens (tertiary/aromatic N) is 3.